The Balaban J connectivity index is 2.24. The number of amides is 1. The van der Waals surface area contributed by atoms with Crippen molar-refractivity contribution in [3.63, 3.8) is 0 Å². The summed E-state index contributed by atoms with van der Waals surface area (Å²) in [6.07, 6.45) is -2.27. The van der Waals surface area contributed by atoms with Gasteiger partial charge in [-0.2, -0.15) is 4.39 Å². The summed E-state index contributed by atoms with van der Waals surface area (Å²) in [5.74, 6) is -3.81. The Hall–Kier alpha value is -1.30. The Morgan fingerprint density at radius 1 is 1.50 bits per heavy atom. The van der Waals surface area contributed by atoms with Crippen LogP contribution in [0.15, 0.2) is 29.3 Å². The molecule has 2 nitrogen and oxygen atoms in total. The average Bonchev–Trinajstić information content (AvgIpc) is 2.70. The Kier molecular flexibility index (Phi) is 2.07. The summed E-state index contributed by atoms with van der Waals surface area (Å²) in [6, 6.07) is 2.99. The molecule has 0 bridgehead atoms. The molecule has 0 aromatic carbocycles. The maximum Gasteiger partial charge on any atom is 0.272 e. The van der Waals surface area contributed by atoms with Crippen molar-refractivity contribution in [3.05, 3.63) is 34.2 Å². The quantitative estimate of drug-likeness (QED) is 0.665. The fraction of sp³-hybridized carbons (Fsp3) is 0.125. The van der Waals surface area contributed by atoms with Gasteiger partial charge in [0.2, 0.25) is 18.1 Å². The van der Waals surface area contributed by atoms with E-state index in [1.165, 1.54) is 6.07 Å². The second-order valence-electron chi connectivity index (χ2n) is 2.63. The number of nitrogens with zero attached hydrogens (tertiary/aromatic N) is 1. The first-order valence-electron chi connectivity index (χ1n) is 3.69. The summed E-state index contributed by atoms with van der Waals surface area (Å²) < 4.78 is 37.6. The van der Waals surface area contributed by atoms with E-state index in [1.807, 2.05) is 0 Å². The van der Waals surface area contributed by atoms with E-state index in [1.54, 1.807) is 11.4 Å². The first kappa shape index (κ1) is 9.26. The SMILES string of the molecule is O=C(c1cccs1)N1C(F)=C(F)C1F. The highest BCUT2D eigenvalue weighted by atomic mass is 32.1. The van der Waals surface area contributed by atoms with Crippen LogP contribution in [0.25, 0.3) is 0 Å². The van der Waals surface area contributed by atoms with Crippen molar-refractivity contribution in [2.75, 3.05) is 0 Å². The summed E-state index contributed by atoms with van der Waals surface area (Å²) in [5.41, 5.74) is 0. The van der Waals surface area contributed by atoms with Crippen molar-refractivity contribution in [2.24, 2.45) is 0 Å². The zero-order chi connectivity index (χ0) is 10.3. The second-order valence-corrected chi connectivity index (χ2v) is 3.57. The van der Waals surface area contributed by atoms with Crippen LogP contribution in [-0.4, -0.2) is 17.1 Å². The predicted molar refractivity (Wildman–Crippen MR) is 44.6 cm³/mol. The summed E-state index contributed by atoms with van der Waals surface area (Å²) >= 11 is 1.04. The van der Waals surface area contributed by atoms with Crippen molar-refractivity contribution < 1.29 is 18.0 Å². The summed E-state index contributed by atoms with van der Waals surface area (Å²) in [6.45, 7) is 0. The molecule has 0 aliphatic carbocycles. The van der Waals surface area contributed by atoms with Crippen LogP contribution < -0.4 is 0 Å². The molecule has 0 radical (unpaired) electrons. The zero-order valence-electron chi connectivity index (χ0n) is 6.71. The first-order chi connectivity index (χ1) is 6.63. The van der Waals surface area contributed by atoms with Crippen LogP contribution in [-0.2, 0) is 0 Å². The zero-order valence-corrected chi connectivity index (χ0v) is 7.52. The third-order valence-electron chi connectivity index (χ3n) is 1.80. The molecule has 74 valence electrons. The van der Waals surface area contributed by atoms with Crippen molar-refractivity contribution >= 4 is 17.2 Å². The van der Waals surface area contributed by atoms with Gasteiger partial charge in [-0.25, -0.2) is 13.7 Å². The molecule has 1 unspecified atom stereocenters. The van der Waals surface area contributed by atoms with E-state index < -0.39 is 24.0 Å². The molecule has 0 spiro atoms. The van der Waals surface area contributed by atoms with Crippen molar-refractivity contribution in [2.45, 2.75) is 6.30 Å². The first-order valence-corrected chi connectivity index (χ1v) is 4.57. The molecular formula is C8H4F3NOS. The van der Waals surface area contributed by atoms with E-state index in [0.717, 1.165) is 11.3 Å². The highest BCUT2D eigenvalue weighted by Gasteiger charge is 2.44. The predicted octanol–water partition coefficient (Wildman–Crippen LogP) is 2.61. The third-order valence-corrected chi connectivity index (χ3v) is 2.65. The number of thiophene rings is 1. The van der Waals surface area contributed by atoms with Crippen molar-refractivity contribution in [1.29, 1.82) is 0 Å². The van der Waals surface area contributed by atoms with Crippen molar-refractivity contribution in [3.8, 4) is 0 Å². The molecule has 2 rings (SSSR count). The molecule has 0 N–H and O–H groups in total. The van der Waals surface area contributed by atoms with Crippen LogP contribution in [0.5, 0.6) is 0 Å². The van der Waals surface area contributed by atoms with Crippen LogP contribution in [0, 0.1) is 0 Å². The molecule has 1 aliphatic rings. The minimum absolute atomic E-state index is 0.154. The number of carbonyl (C=O) groups is 1. The van der Waals surface area contributed by atoms with Gasteiger partial charge < -0.3 is 0 Å². The van der Waals surface area contributed by atoms with Gasteiger partial charge in [0.1, 0.15) is 0 Å². The summed E-state index contributed by atoms with van der Waals surface area (Å²) in [4.78, 5) is 11.6. The molecule has 0 saturated heterocycles. The molecule has 1 aliphatic heterocycles. The van der Waals surface area contributed by atoms with Gasteiger partial charge in [-0.15, -0.1) is 11.3 Å². The minimum Gasteiger partial charge on any atom is -0.268 e. The van der Waals surface area contributed by atoms with Crippen LogP contribution in [0.1, 0.15) is 9.67 Å². The highest BCUT2D eigenvalue weighted by molar-refractivity contribution is 7.12. The van der Waals surface area contributed by atoms with E-state index in [2.05, 4.69) is 0 Å². The topological polar surface area (TPSA) is 20.3 Å². The van der Waals surface area contributed by atoms with Gasteiger partial charge in [0.15, 0.2) is 0 Å². The lowest BCUT2D eigenvalue weighted by Crippen LogP contribution is -2.44. The monoisotopic (exact) mass is 219 g/mol. The second kappa shape index (κ2) is 3.13. The molecule has 0 saturated carbocycles. The smallest absolute Gasteiger partial charge is 0.268 e. The van der Waals surface area contributed by atoms with Gasteiger partial charge in [-0.05, 0) is 11.4 Å². The lowest BCUT2D eigenvalue weighted by Gasteiger charge is -2.30. The van der Waals surface area contributed by atoms with Gasteiger partial charge in [0, 0.05) is 0 Å². The molecule has 0 fully saturated rings. The van der Waals surface area contributed by atoms with Gasteiger partial charge >= 0.3 is 0 Å². The number of hydrogen-bond donors (Lipinski definition) is 0. The molecule has 1 aromatic rings. The van der Waals surface area contributed by atoms with Gasteiger partial charge in [-0.3, -0.25) is 4.79 Å². The number of carbonyl (C=O) groups excluding carboxylic acids is 1. The fourth-order valence-electron chi connectivity index (χ4n) is 1.07. The highest BCUT2D eigenvalue weighted by Crippen LogP contribution is 2.35. The Labute approximate surface area is 81.3 Å². The fourth-order valence-corrected chi connectivity index (χ4v) is 1.73. The van der Waals surface area contributed by atoms with Crippen LogP contribution in [0.4, 0.5) is 13.2 Å². The van der Waals surface area contributed by atoms with E-state index in [9.17, 15) is 18.0 Å². The van der Waals surface area contributed by atoms with Crippen LogP contribution in [0.2, 0.25) is 0 Å². The Bertz CT molecular complexity index is 401. The van der Waals surface area contributed by atoms with Crippen LogP contribution in [0.3, 0.4) is 0 Å². The van der Waals surface area contributed by atoms with E-state index >= 15 is 0 Å². The normalized spacial score (nSPS) is 21.1. The number of alkyl halides is 1. The number of rotatable bonds is 1. The van der Waals surface area contributed by atoms with Gasteiger partial charge in [0.25, 0.3) is 5.91 Å². The molecular weight excluding hydrogens is 215 g/mol. The Morgan fingerprint density at radius 3 is 2.71 bits per heavy atom. The third kappa shape index (κ3) is 1.14. The van der Waals surface area contributed by atoms with Crippen LogP contribution >= 0.6 is 11.3 Å². The molecule has 14 heavy (non-hydrogen) atoms. The lowest BCUT2D eigenvalue weighted by atomic mass is 10.2. The maximum absolute atomic E-state index is 12.7. The largest absolute Gasteiger partial charge is 0.272 e. The average molecular weight is 219 g/mol. The standard InChI is InChI=1S/C8H4F3NOS/c9-5-6(10)12(7(5)11)8(13)4-2-1-3-14-4/h1-3,6H. The minimum atomic E-state index is -2.27. The Morgan fingerprint density at radius 2 is 2.21 bits per heavy atom. The van der Waals surface area contributed by atoms with Crippen molar-refractivity contribution in [1.82, 2.24) is 4.90 Å². The maximum atomic E-state index is 12.7. The van der Waals surface area contributed by atoms with E-state index in [4.69, 9.17) is 0 Å². The molecule has 6 heteroatoms. The lowest BCUT2D eigenvalue weighted by molar-refractivity contribution is 0.0270. The van der Waals surface area contributed by atoms with E-state index in [0.29, 0.717) is 0 Å². The summed E-state index contributed by atoms with van der Waals surface area (Å²) in [5, 5.41) is 1.60. The molecule has 1 atom stereocenters. The number of hydrogen-bond acceptors (Lipinski definition) is 2. The number of halogens is 3. The molecule has 1 amide bonds. The summed E-state index contributed by atoms with van der Waals surface area (Å²) in [7, 11) is 0. The van der Waals surface area contributed by atoms with Gasteiger partial charge in [-0.1, -0.05) is 6.07 Å². The van der Waals surface area contributed by atoms with Gasteiger partial charge in [0.05, 0.1) is 4.88 Å². The van der Waals surface area contributed by atoms with E-state index in [-0.39, 0.29) is 9.78 Å². The molecule has 1 aromatic heterocycles. The molecule has 2 heterocycles.